The Balaban J connectivity index is 2.26. The van der Waals surface area contributed by atoms with Gasteiger partial charge in [0, 0.05) is 45.4 Å². The van der Waals surface area contributed by atoms with Crippen molar-refractivity contribution in [2.24, 2.45) is 4.99 Å². The van der Waals surface area contributed by atoms with Crippen LogP contribution in [0, 0.1) is 0 Å². The van der Waals surface area contributed by atoms with Crippen LogP contribution in [-0.2, 0) is 4.74 Å². The highest BCUT2D eigenvalue weighted by Crippen LogP contribution is 2.25. The van der Waals surface area contributed by atoms with Crippen molar-refractivity contribution in [1.29, 1.82) is 0 Å². The van der Waals surface area contributed by atoms with E-state index in [-0.39, 0.29) is 5.54 Å². The van der Waals surface area contributed by atoms with Crippen LogP contribution in [0.1, 0.15) is 33.6 Å². The van der Waals surface area contributed by atoms with Gasteiger partial charge in [0.05, 0.1) is 6.61 Å². The minimum Gasteiger partial charge on any atom is -0.383 e. The van der Waals surface area contributed by atoms with Crippen LogP contribution >= 0.6 is 0 Å². The smallest absolute Gasteiger partial charge is 0.191 e. The molecule has 1 saturated carbocycles. The SMILES string of the molecule is CN=C(NCCN(CCOC)C1CC1)NC(C)(C)C. The van der Waals surface area contributed by atoms with Gasteiger partial charge in [0.2, 0.25) is 0 Å². The van der Waals surface area contributed by atoms with Gasteiger partial charge in [0.15, 0.2) is 5.96 Å². The summed E-state index contributed by atoms with van der Waals surface area (Å²) in [6.45, 7) is 10.2. The van der Waals surface area contributed by atoms with Crippen LogP contribution < -0.4 is 10.6 Å². The van der Waals surface area contributed by atoms with Gasteiger partial charge in [0.25, 0.3) is 0 Å². The molecule has 1 aliphatic carbocycles. The summed E-state index contributed by atoms with van der Waals surface area (Å²) >= 11 is 0. The van der Waals surface area contributed by atoms with Crippen LogP contribution in [0.4, 0.5) is 0 Å². The Kier molecular flexibility index (Phi) is 6.58. The summed E-state index contributed by atoms with van der Waals surface area (Å²) in [5.41, 5.74) is 0.0358. The minimum atomic E-state index is 0.0358. The largest absolute Gasteiger partial charge is 0.383 e. The maximum absolute atomic E-state index is 5.17. The zero-order chi connectivity index (χ0) is 14.3. The van der Waals surface area contributed by atoms with Crippen LogP contribution in [0.2, 0.25) is 0 Å². The molecule has 0 bridgehead atoms. The fraction of sp³-hybridized carbons (Fsp3) is 0.929. The van der Waals surface area contributed by atoms with E-state index < -0.39 is 0 Å². The van der Waals surface area contributed by atoms with E-state index in [4.69, 9.17) is 4.74 Å². The van der Waals surface area contributed by atoms with Gasteiger partial charge in [0.1, 0.15) is 0 Å². The molecular formula is C14H30N4O. The summed E-state index contributed by atoms with van der Waals surface area (Å²) < 4.78 is 5.17. The highest BCUT2D eigenvalue weighted by molar-refractivity contribution is 5.80. The lowest BCUT2D eigenvalue weighted by atomic mass is 10.1. The molecule has 0 aromatic carbocycles. The number of methoxy groups -OCH3 is 1. The molecule has 0 unspecified atom stereocenters. The number of guanidine groups is 1. The Labute approximate surface area is 117 Å². The molecule has 112 valence electrons. The molecule has 0 aliphatic heterocycles. The molecule has 0 heterocycles. The van der Waals surface area contributed by atoms with Gasteiger partial charge >= 0.3 is 0 Å². The number of hydrogen-bond donors (Lipinski definition) is 2. The summed E-state index contributed by atoms with van der Waals surface area (Å²) in [7, 11) is 3.57. The number of rotatable bonds is 7. The Hall–Kier alpha value is -0.810. The van der Waals surface area contributed by atoms with E-state index in [0.29, 0.717) is 0 Å². The van der Waals surface area contributed by atoms with Crippen LogP contribution in [0.3, 0.4) is 0 Å². The third-order valence-corrected chi connectivity index (χ3v) is 3.05. The van der Waals surface area contributed by atoms with Crippen molar-refractivity contribution < 1.29 is 4.74 Å². The van der Waals surface area contributed by atoms with Gasteiger partial charge in [-0.3, -0.25) is 9.89 Å². The van der Waals surface area contributed by atoms with Crippen molar-refractivity contribution in [1.82, 2.24) is 15.5 Å². The van der Waals surface area contributed by atoms with Crippen molar-refractivity contribution in [3.05, 3.63) is 0 Å². The zero-order valence-corrected chi connectivity index (χ0v) is 13.1. The van der Waals surface area contributed by atoms with Crippen LogP contribution in [0.5, 0.6) is 0 Å². The normalized spacial score (nSPS) is 16.8. The second-order valence-electron chi connectivity index (χ2n) is 6.13. The van der Waals surface area contributed by atoms with Gasteiger partial charge in [-0.25, -0.2) is 0 Å². The summed E-state index contributed by atoms with van der Waals surface area (Å²) in [4.78, 5) is 6.74. The fourth-order valence-corrected chi connectivity index (χ4v) is 1.98. The predicted octanol–water partition coefficient (Wildman–Crippen LogP) is 1.06. The molecule has 19 heavy (non-hydrogen) atoms. The first kappa shape index (κ1) is 16.2. The molecule has 0 amide bonds. The van der Waals surface area contributed by atoms with Crippen LogP contribution in [-0.4, -0.2) is 62.8 Å². The minimum absolute atomic E-state index is 0.0358. The molecule has 5 nitrogen and oxygen atoms in total. The maximum Gasteiger partial charge on any atom is 0.191 e. The monoisotopic (exact) mass is 270 g/mol. The first-order valence-electron chi connectivity index (χ1n) is 7.18. The summed E-state index contributed by atoms with van der Waals surface area (Å²) in [5, 5.41) is 6.74. The number of ether oxygens (including phenoxy) is 1. The van der Waals surface area contributed by atoms with Crippen molar-refractivity contribution in [3.8, 4) is 0 Å². The molecule has 0 aromatic heterocycles. The van der Waals surface area contributed by atoms with Crippen LogP contribution in [0.15, 0.2) is 4.99 Å². The van der Waals surface area contributed by atoms with Gasteiger partial charge in [-0.2, -0.15) is 0 Å². The molecule has 1 fully saturated rings. The Morgan fingerprint density at radius 2 is 2.00 bits per heavy atom. The lowest BCUT2D eigenvalue weighted by Gasteiger charge is -2.25. The average molecular weight is 270 g/mol. The summed E-state index contributed by atoms with van der Waals surface area (Å²) in [6.07, 6.45) is 2.66. The quantitative estimate of drug-likeness (QED) is 0.536. The molecule has 0 radical (unpaired) electrons. The highest BCUT2D eigenvalue weighted by Gasteiger charge is 2.28. The average Bonchev–Trinajstić information content (AvgIpc) is 3.14. The Bertz CT molecular complexity index is 282. The van der Waals surface area contributed by atoms with E-state index in [9.17, 15) is 0 Å². The molecule has 1 rings (SSSR count). The van der Waals surface area contributed by atoms with Gasteiger partial charge < -0.3 is 15.4 Å². The first-order chi connectivity index (χ1) is 8.96. The number of aliphatic imine (C=N–C) groups is 1. The number of hydrogen-bond acceptors (Lipinski definition) is 3. The molecule has 2 N–H and O–H groups in total. The van der Waals surface area contributed by atoms with Crippen molar-refractivity contribution in [2.75, 3.05) is 40.4 Å². The van der Waals surface area contributed by atoms with E-state index in [1.807, 2.05) is 7.05 Å². The maximum atomic E-state index is 5.17. The third-order valence-electron chi connectivity index (χ3n) is 3.05. The molecule has 0 atom stereocenters. The van der Waals surface area contributed by atoms with Gasteiger partial charge in [-0.15, -0.1) is 0 Å². The Morgan fingerprint density at radius 1 is 1.32 bits per heavy atom. The predicted molar refractivity (Wildman–Crippen MR) is 80.7 cm³/mol. The number of nitrogens with zero attached hydrogens (tertiary/aromatic N) is 2. The number of nitrogens with one attached hydrogen (secondary N) is 2. The molecule has 0 spiro atoms. The van der Waals surface area contributed by atoms with E-state index in [2.05, 4.69) is 41.3 Å². The van der Waals surface area contributed by atoms with Crippen molar-refractivity contribution in [3.63, 3.8) is 0 Å². The summed E-state index contributed by atoms with van der Waals surface area (Å²) in [5.74, 6) is 0.870. The van der Waals surface area contributed by atoms with Crippen molar-refractivity contribution >= 4 is 5.96 Å². The highest BCUT2D eigenvalue weighted by atomic mass is 16.5. The standard InChI is InChI=1S/C14H30N4O/c1-14(2,3)17-13(15-4)16-8-9-18(10-11-19-5)12-6-7-12/h12H,6-11H2,1-5H3,(H2,15,16,17). The summed E-state index contributed by atoms with van der Waals surface area (Å²) in [6, 6.07) is 0.773. The molecule has 1 aliphatic rings. The first-order valence-corrected chi connectivity index (χ1v) is 7.18. The van der Waals surface area contributed by atoms with E-state index >= 15 is 0 Å². The van der Waals surface area contributed by atoms with Gasteiger partial charge in [-0.1, -0.05) is 0 Å². The molecule has 0 aromatic rings. The fourth-order valence-electron chi connectivity index (χ4n) is 1.98. The van der Waals surface area contributed by atoms with E-state index in [0.717, 1.165) is 38.2 Å². The third kappa shape index (κ3) is 7.38. The second kappa shape index (κ2) is 7.70. The lowest BCUT2D eigenvalue weighted by molar-refractivity contribution is 0.144. The molecular weight excluding hydrogens is 240 g/mol. The zero-order valence-electron chi connectivity index (χ0n) is 13.1. The topological polar surface area (TPSA) is 48.9 Å². The molecule has 5 heteroatoms. The second-order valence-corrected chi connectivity index (χ2v) is 6.13. The van der Waals surface area contributed by atoms with Crippen LogP contribution in [0.25, 0.3) is 0 Å². The van der Waals surface area contributed by atoms with E-state index in [1.165, 1.54) is 12.8 Å². The Morgan fingerprint density at radius 3 is 2.47 bits per heavy atom. The van der Waals surface area contributed by atoms with Crippen molar-refractivity contribution in [2.45, 2.75) is 45.2 Å². The van der Waals surface area contributed by atoms with Gasteiger partial charge in [-0.05, 0) is 33.6 Å². The molecule has 0 saturated heterocycles. The van der Waals surface area contributed by atoms with E-state index in [1.54, 1.807) is 7.11 Å². The lowest BCUT2D eigenvalue weighted by Crippen LogP contribution is -2.49.